The van der Waals surface area contributed by atoms with Gasteiger partial charge in [-0.25, -0.2) is 13.2 Å². The van der Waals surface area contributed by atoms with E-state index in [2.05, 4.69) is 13.8 Å². The Morgan fingerprint density at radius 2 is 1.28 bits per heavy atom. The lowest BCUT2D eigenvalue weighted by Gasteiger charge is -2.07. The van der Waals surface area contributed by atoms with Gasteiger partial charge in [0.15, 0.2) is 17.5 Å². The van der Waals surface area contributed by atoms with Gasteiger partial charge in [0.2, 0.25) is 0 Å². The summed E-state index contributed by atoms with van der Waals surface area (Å²) < 4.78 is 39.1. The minimum Gasteiger partial charge on any atom is -0.204 e. The Kier molecular flexibility index (Phi) is 3.41. The van der Waals surface area contributed by atoms with Gasteiger partial charge in [-0.1, -0.05) is 38.1 Å². The van der Waals surface area contributed by atoms with Gasteiger partial charge < -0.3 is 0 Å². The third-order valence-electron chi connectivity index (χ3n) is 2.89. The fraction of sp³-hybridized carbons (Fsp3) is 0.200. The highest BCUT2D eigenvalue weighted by Crippen LogP contribution is 2.25. The second kappa shape index (κ2) is 4.84. The smallest absolute Gasteiger partial charge is 0.194 e. The Morgan fingerprint density at radius 1 is 0.778 bits per heavy atom. The minimum absolute atomic E-state index is 0.335. The van der Waals surface area contributed by atoms with Gasteiger partial charge in [-0.15, -0.1) is 0 Å². The predicted molar refractivity (Wildman–Crippen MR) is 65.8 cm³/mol. The van der Waals surface area contributed by atoms with Crippen molar-refractivity contribution in [3.05, 3.63) is 59.4 Å². The van der Waals surface area contributed by atoms with E-state index in [0.29, 0.717) is 17.0 Å². The van der Waals surface area contributed by atoms with Crippen LogP contribution in [0.2, 0.25) is 0 Å². The summed E-state index contributed by atoms with van der Waals surface area (Å²) in [6.07, 6.45) is 0. The molecule has 0 bridgehead atoms. The molecule has 0 fully saturated rings. The van der Waals surface area contributed by atoms with E-state index in [1.807, 2.05) is 12.1 Å². The van der Waals surface area contributed by atoms with Crippen LogP contribution in [0, 0.1) is 17.5 Å². The average molecular weight is 250 g/mol. The zero-order valence-electron chi connectivity index (χ0n) is 10.2. The molecule has 2 aromatic rings. The molecule has 94 valence electrons. The quantitative estimate of drug-likeness (QED) is 0.665. The number of rotatable bonds is 2. The van der Waals surface area contributed by atoms with Crippen molar-refractivity contribution in [2.75, 3.05) is 0 Å². The molecule has 0 spiro atoms. The molecule has 0 aliphatic heterocycles. The van der Waals surface area contributed by atoms with Crippen LogP contribution in [0.4, 0.5) is 13.2 Å². The van der Waals surface area contributed by atoms with Crippen LogP contribution in [-0.2, 0) is 0 Å². The van der Waals surface area contributed by atoms with E-state index in [9.17, 15) is 13.2 Å². The van der Waals surface area contributed by atoms with Crippen molar-refractivity contribution < 1.29 is 13.2 Å². The zero-order chi connectivity index (χ0) is 13.3. The first-order valence-electron chi connectivity index (χ1n) is 5.74. The molecule has 0 aliphatic carbocycles. The molecular weight excluding hydrogens is 237 g/mol. The Hall–Kier alpha value is -1.77. The first kappa shape index (κ1) is 12.7. The number of hydrogen-bond acceptors (Lipinski definition) is 0. The molecule has 0 saturated heterocycles. The molecule has 0 radical (unpaired) electrons. The molecule has 0 heterocycles. The minimum atomic E-state index is -1.43. The van der Waals surface area contributed by atoms with Gasteiger partial charge >= 0.3 is 0 Å². The van der Waals surface area contributed by atoms with Crippen molar-refractivity contribution >= 4 is 0 Å². The fourth-order valence-corrected chi connectivity index (χ4v) is 1.78. The first-order valence-corrected chi connectivity index (χ1v) is 5.74. The third-order valence-corrected chi connectivity index (χ3v) is 2.89. The maximum absolute atomic E-state index is 13.1. The molecule has 18 heavy (non-hydrogen) atoms. The van der Waals surface area contributed by atoms with E-state index < -0.39 is 17.5 Å². The number of halogens is 3. The van der Waals surface area contributed by atoms with Crippen molar-refractivity contribution in [2.45, 2.75) is 19.8 Å². The summed E-state index contributed by atoms with van der Waals surface area (Å²) >= 11 is 0. The standard InChI is InChI=1S/C15H13F3/c1-9(2)10-3-5-11(6-4-10)12-7-13(16)15(18)14(17)8-12/h3-9H,1-2H3. The normalized spacial score (nSPS) is 11.0. The lowest BCUT2D eigenvalue weighted by molar-refractivity contribution is 0.448. The van der Waals surface area contributed by atoms with Gasteiger partial charge in [-0.3, -0.25) is 0 Å². The molecule has 2 aromatic carbocycles. The van der Waals surface area contributed by atoms with Gasteiger partial charge in [0.05, 0.1) is 0 Å². The van der Waals surface area contributed by atoms with Crippen LogP contribution in [0.1, 0.15) is 25.3 Å². The van der Waals surface area contributed by atoms with Crippen LogP contribution in [0.15, 0.2) is 36.4 Å². The van der Waals surface area contributed by atoms with Gasteiger partial charge in [-0.05, 0) is 34.7 Å². The highest BCUT2D eigenvalue weighted by molar-refractivity contribution is 5.64. The predicted octanol–water partition coefficient (Wildman–Crippen LogP) is 4.89. The summed E-state index contributed by atoms with van der Waals surface area (Å²) in [5.74, 6) is -3.38. The summed E-state index contributed by atoms with van der Waals surface area (Å²) in [5, 5.41) is 0. The maximum atomic E-state index is 13.1. The van der Waals surface area contributed by atoms with E-state index in [4.69, 9.17) is 0 Å². The summed E-state index contributed by atoms with van der Waals surface area (Å²) in [4.78, 5) is 0. The van der Waals surface area contributed by atoms with E-state index in [1.165, 1.54) is 0 Å². The highest BCUT2D eigenvalue weighted by Gasteiger charge is 2.11. The Balaban J connectivity index is 2.43. The van der Waals surface area contributed by atoms with Gasteiger partial charge in [0, 0.05) is 0 Å². The lowest BCUT2D eigenvalue weighted by Crippen LogP contribution is -1.92. The second-order valence-corrected chi connectivity index (χ2v) is 4.53. The topological polar surface area (TPSA) is 0 Å². The largest absolute Gasteiger partial charge is 0.204 e. The summed E-state index contributed by atoms with van der Waals surface area (Å²) in [6.45, 7) is 4.12. The molecular formula is C15H13F3. The van der Waals surface area contributed by atoms with Crippen LogP contribution in [-0.4, -0.2) is 0 Å². The van der Waals surface area contributed by atoms with Crippen LogP contribution in [0.5, 0.6) is 0 Å². The third kappa shape index (κ3) is 2.40. The van der Waals surface area contributed by atoms with Crippen LogP contribution in [0.3, 0.4) is 0 Å². The number of benzene rings is 2. The summed E-state index contributed by atoms with van der Waals surface area (Å²) in [5.41, 5.74) is 2.14. The summed E-state index contributed by atoms with van der Waals surface area (Å²) in [7, 11) is 0. The van der Waals surface area contributed by atoms with Crippen LogP contribution in [0.25, 0.3) is 11.1 Å². The molecule has 3 heteroatoms. The van der Waals surface area contributed by atoms with Crippen molar-refractivity contribution in [2.24, 2.45) is 0 Å². The van der Waals surface area contributed by atoms with E-state index in [0.717, 1.165) is 17.7 Å². The van der Waals surface area contributed by atoms with Crippen LogP contribution < -0.4 is 0 Å². The van der Waals surface area contributed by atoms with Gasteiger partial charge in [0.25, 0.3) is 0 Å². The van der Waals surface area contributed by atoms with Crippen molar-refractivity contribution in [3.8, 4) is 11.1 Å². The maximum Gasteiger partial charge on any atom is 0.194 e. The SMILES string of the molecule is CC(C)c1ccc(-c2cc(F)c(F)c(F)c2)cc1. The molecule has 0 aromatic heterocycles. The molecule has 0 aliphatic rings. The molecule has 0 saturated carbocycles. The van der Waals surface area contributed by atoms with Gasteiger partial charge in [0.1, 0.15) is 0 Å². The van der Waals surface area contributed by atoms with E-state index >= 15 is 0 Å². The Bertz CT molecular complexity index is 533. The molecule has 0 N–H and O–H groups in total. The van der Waals surface area contributed by atoms with Crippen molar-refractivity contribution in [1.82, 2.24) is 0 Å². The average Bonchev–Trinajstić information content (AvgIpc) is 2.35. The number of hydrogen-bond donors (Lipinski definition) is 0. The summed E-state index contributed by atoms with van der Waals surface area (Å²) in [6, 6.07) is 9.37. The second-order valence-electron chi connectivity index (χ2n) is 4.53. The Morgan fingerprint density at radius 3 is 1.72 bits per heavy atom. The highest BCUT2D eigenvalue weighted by atomic mass is 19.2. The zero-order valence-corrected chi connectivity index (χ0v) is 10.2. The fourth-order valence-electron chi connectivity index (χ4n) is 1.78. The lowest BCUT2D eigenvalue weighted by atomic mass is 9.98. The van der Waals surface area contributed by atoms with E-state index in [1.54, 1.807) is 12.1 Å². The van der Waals surface area contributed by atoms with Crippen LogP contribution >= 0.6 is 0 Å². The van der Waals surface area contributed by atoms with Crippen molar-refractivity contribution in [1.29, 1.82) is 0 Å². The monoisotopic (exact) mass is 250 g/mol. The molecule has 2 rings (SSSR count). The van der Waals surface area contributed by atoms with E-state index in [-0.39, 0.29) is 0 Å². The van der Waals surface area contributed by atoms with Crippen molar-refractivity contribution in [3.63, 3.8) is 0 Å². The first-order chi connectivity index (χ1) is 8.49. The molecule has 0 unspecified atom stereocenters. The molecule has 0 atom stereocenters. The molecule has 0 nitrogen and oxygen atoms in total. The Labute approximate surface area is 104 Å². The van der Waals surface area contributed by atoms with Gasteiger partial charge in [-0.2, -0.15) is 0 Å². The molecule has 0 amide bonds.